The van der Waals surface area contributed by atoms with Crippen molar-refractivity contribution in [3.05, 3.63) is 29.3 Å². The van der Waals surface area contributed by atoms with Crippen LogP contribution in [0, 0.1) is 5.82 Å². The van der Waals surface area contributed by atoms with Crippen LogP contribution in [0.3, 0.4) is 0 Å². The molecule has 1 amide bonds. The molecule has 0 aromatic carbocycles. The summed E-state index contributed by atoms with van der Waals surface area (Å²) in [5.74, 6) is -2.09. The van der Waals surface area contributed by atoms with Crippen LogP contribution in [0.5, 0.6) is 0 Å². The minimum Gasteiger partial charge on any atom is -0.444 e. The largest absolute Gasteiger partial charge is 0.444 e. The van der Waals surface area contributed by atoms with Gasteiger partial charge in [0.2, 0.25) is 0 Å². The van der Waals surface area contributed by atoms with E-state index in [4.69, 9.17) is 9.47 Å². The Morgan fingerprint density at radius 2 is 2.00 bits per heavy atom. The second kappa shape index (κ2) is 6.82. The molecule has 26 heavy (non-hydrogen) atoms. The minimum absolute atomic E-state index is 0.0241. The summed E-state index contributed by atoms with van der Waals surface area (Å²) < 4.78 is 62.7. The van der Waals surface area contributed by atoms with Crippen molar-refractivity contribution in [1.82, 2.24) is 10.3 Å². The molecule has 1 unspecified atom stereocenters. The van der Waals surface area contributed by atoms with Crippen LogP contribution in [-0.4, -0.2) is 35.7 Å². The molecule has 10 heteroatoms. The van der Waals surface area contributed by atoms with Crippen LogP contribution in [0.15, 0.2) is 12.3 Å². The summed E-state index contributed by atoms with van der Waals surface area (Å²) in [4.78, 5) is 28.1. The zero-order chi connectivity index (χ0) is 19.8. The number of alkyl carbamates (subject to hydrolysis) is 1. The highest BCUT2D eigenvalue weighted by Gasteiger charge is 2.48. The number of nitrogens with one attached hydrogen (secondary N) is 1. The maximum absolute atomic E-state index is 14.4. The van der Waals surface area contributed by atoms with Crippen molar-refractivity contribution in [1.29, 1.82) is 0 Å². The number of alkyl halides is 3. The third-order valence-corrected chi connectivity index (χ3v) is 3.62. The van der Waals surface area contributed by atoms with Crippen LogP contribution in [-0.2, 0) is 26.0 Å². The third kappa shape index (κ3) is 4.29. The molecule has 1 aliphatic heterocycles. The summed E-state index contributed by atoms with van der Waals surface area (Å²) in [6, 6.07) is 0.240. The summed E-state index contributed by atoms with van der Waals surface area (Å²) in [6.45, 7) is 4.29. The summed E-state index contributed by atoms with van der Waals surface area (Å²) in [7, 11) is 0. The van der Waals surface area contributed by atoms with Gasteiger partial charge in [0.25, 0.3) is 0 Å². The lowest BCUT2D eigenvalue weighted by atomic mass is 9.84. The molecular weight excluding hydrogens is 360 g/mol. The standard InChI is InChI=1S/C16H18F4N2O4/c1-14(2,3)26-13(24)22-15(4-5-25-8-11(15)23)12-10(17)6-9(7-21-12)16(18,19)20/h6-7H,4-5,8H2,1-3H3,(H,22,24). The van der Waals surface area contributed by atoms with Gasteiger partial charge < -0.3 is 14.8 Å². The van der Waals surface area contributed by atoms with Crippen molar-refractivity contribution in [3.63, 3.8) is 0 Å². The van der Waals surface area contributed by atoms with E-state index in [0.717, 1.165) is 0 Å². The molecular formula is C16H18F4N2O4. The molecule has 0 aliphatic carbocycles. The number of ketones is 1. The number of carbonyl (C=O) groups is 2. The average molecular weight is 378 g/mol. The molecule has 1 N–H and O–H groups in total. The number of carbonyl (C=O) groups excluding carboxylic acids is 2. The average Bonchev–Trinajstić information content (AvgIpc) is 2.46. The molecule has 6 nitrogen and oxygen atoms in total. The van der Waals surface area contributed by atoms with Crippen molar-refractivity contribution >= 4 is 11.9 Å². The number of rotatable bonds is 2. The topological polar surface area (TPSA) is 77.5 Å². The summed E-state index contributed by atoms with van der Waals surface area (Å²) in [5, 5.41) is 2.28. The number of nitrogens with zero attached hydrogens (tertiary/aromatic N) is 1. The Labute approximate surface area is 146 Å². The van der Waals surface area contributed by atoms with Gasteiger partial charge in [0.1, 0.15) is 23.7 Å². The van der Waals surface area contributed by atoms with Gasteiger partial charge in [0.15, 0.2) is 11.3 Å². The Bertz CT molecular complexity index is 715. The number of hydrogen-bond donors (Lipinski definition) is 1. The predicted molar refractivity (Wildman–Crippen MR) is 80.7 cm³/mol. The first-order valence-corrected chi connectivity index (χ1v) is 7.70. The first-order valence-electron chi connectivity index (χ1n) is 7.70. The Morgan fingerprint density at radius 1 is 1.35 bits per heavy atom. The number of amides is 1. The fourth-order valence-corrected chi connectivity index (χ4v) is 2.48. The highest BCUT2D eigenvalue weighted by atomic mass is 19.4. The van der Waals surface area contributed by atoms with Crippen LogP contribution in [0.1, 0.15) is 38.4 Å². The first kappa shape index (κ1) is 20.1. The molecule has 1 aromatic heterocycles. The van der Waals surface area contributed by atoms with Crippen molar-refractivity contribution in [2.45, 2.75) is 44.5 Å². The van der Waals surface area contributed by atoms with E-state index >= 15 is 0 Å². The summed E-state index contributed by atoms with van der Waals surface area (Å²) in [5.41, 5.74) is -4.77. The second-order valence-corrected chi connectivity index (χ2v) is 6.81. The molecule has 144 valence electrons. The lowest BCUT2D eigenvalue weighted by Gasteiger charge is -2.36. The molecule has 1 fully saturated rings. The highest BCUT2D eigenvalue weighted by Crippen LogP contribution is 2.34. The zero-order valence-electron chi connectivity index (χ0n) is 14.4. The molecule has 0 saturated carbocycles. The van der Waals surface area contributed by atoms with Crippen molar-refractivity contribution < 1.29 is 36.6 Å². The normalized spacial score (nSPS) is 21.4. The van der Waals surface area contributed by atoms with Crippen LogP contribution in [0.2, 0.25) is 0 Å². The van der Waals surface area contributed by atoms with E-state index in [1.165, 1.54) is 0 Å². The minimum atomic E-state index is -4.79. The number of hydrogen-bond acceptors (Lipinski definition) is 5. The number of pyridine rings is 1. The van der Waals surface area contributed by atoms with Crippen LogP contribution in [0.4, 0.5) is 22.4 Å². The number of Topliss-reactive ketones (excluding diaryl/α,β-unsaturated/α-hetero) is 1. The van der Waals surface area contributed by atoms with E-state index in [-0.39, 0.29) is 19.1 Å². The van der Waals surface area contributed by atoms with Crippen LogP contribution < -0.4 is 5.32 Å². The van der Waals surface area contributed by atoms with Gasteiger partial charge >= 0.3 is 12.3 Å². The van der Waals surface area contributed by atoms with E-state index < -0.39 is 52.9 Å². The van der Waals surface area contributed by atoms with Crippen molar-refractivity contribution in [3.8, 4) is 0 Å². The molecule has 2 heterocycles. The molecule has 1 saturated heterocycles. The van der Waals surface area contributed by atoms with Gasteiger partial charge in [-0.15, -0.1) is 0 Å². The van der Waals surface area contributed by atoms with E-state index in [0.29, 0.717) is 6.20 Å². The highest BCUT2D eigenvalue weighted by molar-refractivity contribution is 5.93. The fraction of sp³-hybridized carbons (Fsp3) is 0.562. The predicted octanol–water partition coefficient (Wildman–Crippen LogP) is 2.95. The maximum atomic E-state index is 14.4. The number of halogens is 4. The van der Waals surface area contributed by atoms with Gasteiger partial charge in [-0.2, -0.15) is 13.2 Å². The summed E-state index contributed by atoms with van der Waals surface area (Å²) in [6.07, 6.45) is -5.59. The Kier molecular flexibility index (Phi) is 5.27. The molecule has 0 radical (unpaired) electrons. The van der Waals surface area contributed by atoms with Crippen LogP contribution in [0.25, 0.3) is 0 Å². The van der Waals surface area contributed by atoms with E-state index in [2.05, 4.69) is 10.3 Å². The smallest absolute Gasteiger partial charge is 0.417 e. The Balaban J connectivity index is 2.46. The lowest BCUT2D eigenvalue weighted by molar-refractivity contribution is -0.138. The zero-order valence-corrected chi connectivity index (χ0v) is 14.4. The van der Waals surface area contributed by atoms with Gasteiger partial charge in [-0.25, -0.2) is 9.18 Å². The third-order valence-electron chi connectivity index (χ3n) is 3.62. The Morgan fingerprint density at radius 3 is 2.50 bits per heavy atom. The first-order chi connectivity index (χ1) is 11.8. The second-order valence-electron chi connectivity index (χ2n) is 6.81. The Hall–Kier alpha value is -2.23. The van der Waals surface area contributed by atoms with Crippen molar-refractivity contribution in [2.75, 3.05) is 13.2 Å². The van der Waals surface area contributed by atoms with Gasteiger partial charge in [-0.1, -0.05) is 0 Å². The molecule has 2 rings (SSSR count). The van der Waals surface area contributed by atoms with Crippen molar-refractivity contribution in [2.24, 2.45) is 0 Å². The monoisotopic (exact) mass is 378 g/mol. The molecule has 1 aliphatic rings. The van der Waals surface area contributed by atoms with E-state index in [1.807, 2.05) is 0 Å². The van der Waals surface area contributed by atoms with E-state index in [1.54, 1.807) is 20.8 Å². The molecule has 1 atom stereocenters. The number of aromatic nitrogens is 1. The van der Waals surface area contributed by atoms with Crippen LogP contribution >= 0.6 is 0 Å². The van der Waals surface area contributed by atoms with Gasteiger partial charge in [0.05, 0.1) is 12.2 Å². The number of ether oxygens (including phenoxy) is 2. The SMILES string of the molecule is CC(C)(C)OC(=O)NC1(c2ncc(C(F)(F)F)cc2F)CCOCC1=O. The van der Waals surface area contributed by atoms with E-state index in [9.17, 15) is 27.2 Å². The van der Waals surface area contributed by atoms with Gasteiger partial charge in [0, 0.05) is 12.6 Å². The van der Waals surface area contributed by atoms with Gasteiger partial charge in [-0.3, -0.25) is 9.78 Å². The molecule has 0 bridgehead atoms. The molecule has 1 aromatic rings. The summed E-state index contributed by atoms with van der Waals surface area (Å²) >= 11 is 0. The maximum Gasteiger partial charge on any atom is 0.417 e. The fourth-order valence-electron chi connectivity index (χ4n) is 2.48. The lowest BCUT2D eigenvalue weighted by Crippen LogP contribution is -2.57. The van der Waals surface area contributed by atoms with Gasteiger partial charge in [-0.05, 0) is 26.8 Å². The molecule has 0 spiro atoms. The quantitative estimate of drug-likeness (QED) is 0.801.